The molecule has 0 N–H and O–H groups in total. The second-order valence-electron chi connectivity index (χ2n) is 1.57. The van der Waals surface area contributed by atoms with Gasteiger partial charge in [-0.25, -0.2) is 0 Å². The first-order valence-electron chi connectivity index (χ1n) is 2.50. The lowest BCUT2D eigenvalue weighted by atomic mass is 10.4. The molecule has 0 saturated carbocycles. The molecule has 0 aliphatic heterocycles. The van der Waals surface area contributed by atoms with Gasteiger partial charge in [0.25, 0.3) is 0 Å². The molecule has 9 heavy (non-hydrogen) atoms. The molecule has 0 bridgehead atoms. The molecule has 0 fully saturated rings. The summed E-state index contributed by atoms with van der Waals surface area (Å²) >= 11 is 6.68. The second-order valence-corrected chi connectivity index (χ2v) is 2.98. The molecular formula is C6H5Br2N. The Hall–Kier alpha value is 0.110. The third kappa shape index (κ3) is 1.76. The average molecular weight is 251 g/mol. The molecule has 1 heterocycles. The van der Waals surface area contributed by atoms with Crippen LogP contribution in [0.1, 0.15) is 5.69 Å². The summed E-state index contributed by atoms with van der Waals surface area (Å²) in [6.45, 7) is 0. The van der Waals surface area contributed by atoms with Crippen molar-refractivity contribution in [3.8, 4) is 0 Å². The summed E-state index contributed by atoms with van der Waals surface area (Å²) < 4.78 is 1.06. The SMILES string of the molecule is BrCc1ncccc1Br. The molecule has 1 nitrogen and oxygen atoms in total. The van der Waals surface area contributed by atoms with E-state index in [4.69, 9.17) is 0 Å². The molecule has 0 unspecified atom stereocenters. The van der Waals surface area contributed by atoms with Gasteiger partial charge in [0.05, 0.1) is 5.69 Å². The topological polar surface area (TPSA) is 12.9 Å². The summed E-state index contributed by atoms with van der Waals surface area (Å²) in [6, 6.07) is 3.87. The highest BCUT2D eigenvalue weighted by molar-refractivity contribution is 9.10. The standard InChI is InChI=1S/C6H5Br2N/c7-4-6-5(8)2-1-3-9-6/h1-3H,4H2. The first-order valence-corrected chi connectivity index (χ1v) is 4.41. The Morgan fingerprint density at radius 3 is 2.78 bits per heavy atom. The molecule has 0 aromatic carbocycles. The van der Waals surface area contributed by atoms with E-state index >= 15 is 0 Å². The number of hydrogen-bond acceptors (Lipinski definition) is 1. The van der Waals surface area contributed by atoms with Gasteiger partial charge in [-0.15, -0.1) is 0 Å². The molecule has 1 aromatic heterocycles. The van der Waals surface area contributed by atoms with Gasteiger partial charge in [0.1, 0.15) is 0 Å². The van der Waals surface area contributed by atoms with Crippen LogP contribution in [-0.2, 0) is 5.33 Å². The summed E-state index contributed by atoms with van der Waals surface area (Å²) in [4.78, 5) is 4.10. The van der Waals surface area contributed by atoms with Crippen molar-refractivity contribution in [3.63, 3.8) is 0 Å². The maximum atomic E-state index is 4.10. The van der Waals surface area contributed by atoms with Crippen molar-refractivity contribution in [2.45, 2.75) is 5.33 Å². The molecule has 0 aliphatic rings. The molecule has 1 rings (SSSR count). The Kier molecular flexibility index (Phi) is 2.66. The fraction of sp³-hybridized carbons (Fsp3) is 0.167. The minimum atomic E-state index is 0.800. The summed E-state index contributed by atoms with van der Waals surface area (Å²) in [7, 11) is 0. The van der Waals surface area contributed by atoms with E-state index in [2.05, 4.69) is 36.8 Å². The van der Waals surface area contributed by atoms with Crippen molar-refractivity contribution in [3.05, 3.63) is 28.5 Å². The van der Waals surface area contributed by atoms with Crippen molar-refractivity contribution in [1.82, 2.24) is 4.98 Å². The zero-order chi connectivity index (χ0) is 6.69. The van der Waals surface area contributed by atoms with Crippen molar-refractivity contribution in [1.29, 1.82) is 0 Å². The first kappa shape index (κ1) is 7.22. The lowest BCUT2D eigenvalue weighted by Crippen LogP contribution is -1.83. The quantitative estimate of drug-likeness (QED) is 0.699. The number of pyridine rings is 1. The van der Waals surface area contributed by atoms with Crippen LogP contribution >= 0.6 is 31.9 Å². The van der Waals surface area contributed by atoms with Gasteiger partial charge in [0.2, 0.25) is 0 Å². The van der Waals surface area contributed by atoms with Crippen molar-refractivity contribution in [2.24, 2.45) is 0 Å². The third-order valence-electron chi connectivity index (χ3n) is 0.961. The van der Waals surface area contributed by atoms with Crippen LogP contribution in [0.4, 0.5) is 0 Å². The molecule has 48 valence electrons. The minimum absolute atomic E-state index is 0.800. The normalized spacial score (nSPS) is 9.56. The summed E-state index contributed by atoms with van der Waals surface area (Å²) in [5, 5.41) is 0.800. The number of halogens is 2. The molecule has 0 atom stereocenters. The number of alkyl halides is 1. The van der Waals surface area contributed by atoms with Crippen molar-refractivity contribution in [2.75, 3.05) is 0 Å². The Morgan fingerprint density at radius 2 is 2.33 bits per heavy atom. The number of rotatable bonds is 1. The van der Waals surface area contributed by atoms with Crippen LogP contribution in [0.3, 0.4) is 0 Å². The van der Waals surface area contributed by atoms with Crippen LogP contribution in [0.2, 0.25) is 0 Å². The molecule has 3 heteroatoms. The average Bonchev–Trinajstić information content (AvgIpc) is 1.89. The minimum Gasteiger partial charge on any atom is -0.259 e. The number of aromatic nitrogens is 1. The molecule has 0 amide bonds. The predicted octanol–water partition coefficient (Wildman–Crippen LogP) is 2.74. The van der Waals surface area contributed by atoms with Crippen molar-refractivity contribution >= 4 is 31.9 Å². The molecule has 0 radical (unpaired) electrons. The van der Waals surface area contributed by atoms with Gasteiger partial charge in [-0.1, -0.05) is 15.9 Å². The Morgan fingerprint density at radius 1 is 1.56 bits per heavy atom. The van der Waals surface area contributed by atoms with Gasteiger partial charge in [-0.2, -0.15) is 0 Å². The highest BCUT2D eigenvalue weighted by Gasteiger charge is 1.94. The smallest absolute Gasteiger partial charge is 0.0650 e. The highest BCUT2D eigenvalue weighted by Crippen LogP contribution is 2.15. The number of nitrogens with zero attached hydrogens (tertiary/aromatic N) is 1. The lowest BCUT2D eigenvalue weighted by molar-refractivity contribution is 1.17. The van der Waals surface area contributed by atoms with Gasteiger partial charge in [0, 0.05) is 16.0 Å². The molecule has 0 spiro atoms. The Labute approximate surface area is 70.8 Å². The third-order valence-corrected chi connectivity index (χ3v) is 2.21. The second kappa shape index (κ2) is 3.32. The van der Waals surface area contributed by atoms with Gasteiger partial charge >= 0.3 is 0 Å². The summed E-state index contributed by atoms with van der Waals surface area (Å²) in [6.07, 6.45) is 1.78. The van der Waals surface area contributed by atoms with E-state index in [1.54, 1.807) is 6.20 Å². The highest BCUT2D eigenvalue weighted by atomic mass is 79.9. The van der Waals surface area contributed by atoms with Gasteiger partial charge in [0.15, 0.2) is 0 Å². The summed E-state index contributed by atoms with van der Waals surface area (Å²) in [5.41, 5.74) is 1.04. The van der Waals surface area contributed by atoms with Gasteiger partial charge in [-0.05, 0) is 28.1 Å². The van der Waals surface area contributed by atoms with E-state index in [0.29, 0.717) is 0 Å². The monoisotopic (exact) mass is 249 g/mol. The first-order chi connectivity index (χ1) is 4.34. The van der Waals surface area contributed by atoms with Crippen LogP contribution in [0.25, 0.3) is 0 Å². The van der Waals surface area contributed by atoms with Gasteiger partial charge in [-0.3, -0.25) is 4.98 Å². The van der Waals surface area contributed by atoms with E-state index in [1.165, 1.54) is 0 Å². The van der Waals surface area contributed by atoms with Crippen LogP contribution in [0.5, 0.6) is 0 Å². The van der Waals surface area contributed by atoms with Gasteiger partial charge < -0.3 is 0 Å². The van der Waals surface area contributed by atoms with Crippen LogP contribution < -0.4 is 0 Å². The Bertz CT molecular complexity index is 200. The zero-order valence-electron chi connectivity index (χ0n) is 4.64. The molecule has 0 aliphatic carbocycles. The predicted molar refractivity (Wildman–Crippen MR) is 44.6 cm³/mol. The number of hydrogen-bond donors (Lipinski definition) is 0. The van der Waals surface area contributed by atoms with E-state index in [9.17, 15) is 0 Å². The van der Waals surface area contributed by atoms with E-state index in [1.807, 2.05) is 12.1 Å². The molecule has 1 aromatic rings. The lowest BCUT2D eigenvalue weighted by Gasteiger charge is -1.94. The van der Waals surface area contributed by atoms with Crippen LogP contribution in [0, 0.1) is 0 Å². The Balaban J connectivity index is 3.01. The summed E-state index contributed by atoms with van der Waals surface area (Å²) in [5.74, 6) is 0. The van der Waals surface area contributed by atoms with Crippen LogP contribution in [0.15, 0.2) is 22.8 Å². The van der Waals surface area contributed by atoms with E-state index < -0.39 is 0 Å². The maximum absolute atomic E-state index is 4.10. The van der Waals surface area contributed by atoms with Crippen molar-refractivity contribution < 1.29 is 0 Å². The molecular weight excluding hydrogens is 246 g/mol. The largest absolute Gasteiger partial charge is 0.259 e. The van der Waals surface area contributed by atoms with E-state index in [-0.39, 0.29) is 0 Å². The van der Waals surface area contributed by atoms with Crippen LogP contribution in [-0.4, -0.2) is 4.98 Å². The zero-order valence-corrected chi connectivity index (χ0v) is 7.81. The maximum Gasteiger partial charge on any atom is 0.0650 e. The fourth-order valence-electron chi connectivity index (χ4n) is 0.517. The molecule has 0 saturated heterocycles. The van der Waals surface area contributed by atoms with E-state index in [0.717, 1.165) is 15.5 Å². The fourth-order valence-corrected chi connectivity index (χ4v) is 1.73.